The molecular weight excluding hydrogens is 254 g/mol. The van der Waals surface area contributed by atoms with Crippen LogP contribution >= 0.6 is 0 Å². The predicted molar refractivity (Wildman–Crippen MR) is 75.6 cm³/mol. The van der Waals surface area contributed by atoms with Crippen molar-refractivity contribution in [3.8, 4) is 6.07 Å². The summed E-state index contributed by atoms with van der Waals surface area (Å²) in [6, 6.07) is 8.80. The second kappa shape index (κ2) is 6.40. The lowest BCUT2D eigenvalue weighted by atomic mass is 9.82. The smallest absolute Gasteiger partial charge is 0.241 e. The molecule has 3 N–H and O–H groups in total. The molecule has 0 bridgehead atoms. The Morgan fingerprint density at radius 3 is 2.50 bits per heavy atom. The van der Waals surface area contributed by atoms with Gasteiger partial charge in [-0.1, -0.05) is 19.3 Å². The number of anilines is 1. The molecule has 0 radical (unpaired) electrons. The highest BCUT2D eigenvalue weighted by Gasteiger charge is 2.31. The van der Waals surface area contributed by atoms with E-state index in [1.807, 2.05) is 6.07 Å². The highest BCUT2D eigenvalue weighted by molar-refractivity contribution is 5.78. The molecule has 1 aromatic rings. The third-order valence-electron chi connectivity index (χ3n) is 3.63. The van der Waals surface area contributed by atoms with Crippen LogP contribution in [0.15, 0.2) is 24.3 Å². The second-order valence-corrected chi connectivity index (χ2v) is 5.32. The maximum atomic E-state index is 11.8. The molecule has 1 fully saturated rings. The van der Waals surface area contributed by atoms with Crippen LogP contribution in [0.4, 0.5) is 5.69 Å². The number of nitrogens with zero attached hydrogens (tertiary/aromatic N) is 1. The normalized spacial score (nSPS) is 17.0. The number of nitrogens with one attached hydrogen (secondary N) is 2. The lowest BCUT2D eigenvalue weighted by Gasteiger charge is -2.31. The number of hydrogen-bond donors (Lipinski definition) is 3. The fraction of sp³-hybridized carbons (Fsp3) is 0.467. The number of amides is 1. The van der Waals surface area contributed by atoms with E-state index >= 15 is 0 Å². The molecule has 0 heterocycles. The van der Waals surface area contributed by atoms with Crippen molar-refractivity contribution >= 4 is 11.6 Å². The molecule has 0 aromatic heterocycles. The molecule has 20 heavy (non-hydrogen) atoms. The maximum Gasteiger partial charge on any atom is 0.241 e. The zero-order chi connectivity index (χ0) is 14.4. The van der Waals surface area contributed by atoms with E-state index in [1.54, 1.807) is 24.3 Å². The number of rotatable bonds is 4. The lowest BCUT2D eigenvalue weighted by Crippen LogP contribution is -2.40. The average molecular weight is 273 g/mol. The van der Waals surface area contributed by atoms with Crippen molar-refractivity contribution < 1.29 is 9.90 Å². The molecule has 1 amide bonds. The fourth-order valence-corrected chi connectivity index (χ4v) is 2.50. The highest BCUT2D eigenvalue weighted by Crippen LogP contribution is 2.30. The molecule has 0 aliphatic heterocycles. The van der Waals surface area contributed by atoms with Gasteiger partial charge in [-0.3, -0.25) is 15.6 Å². The minimum atomic E-state index is -0.853. The number of carbonyl (C=O) groups is 1. The molecule has 1 aliphatic carbocycles. The zero-order valence-corrected chi connectivity index (χ0v) is 11.4. The van der Waals surface area contributed by atoms with Crippen molar-refractivity contribution in [1.82, 2.24) is 5.43 Å². The van der Waals surface area contributed by atoms with Gasteiger partial charge >= 0.3 is 0 Å². The quantitative estimate of drug-likeness (QED) is 0.733. The number of hydrogen-bond acceptors (Lipinski definition) is 4. The molecule has 5 heteroatoms. The molecule has 0 unspecified atom stereocenters. The van der Waals surface area contributed by atoms with Gasteiger partial charge in [0, 0.05) is 0 Å². The fourth-order valence-electron chi connectivity index (χ4n) is 2.50. The van der Waals surface area contributed by atoms with Crippen molar-refractivity contribution in [2.24, 2.45) is 0 Å². The van der Waals surface area contributed by atoms with E-state index in [0.29, 0.717) is 24.1 Å². The van der Waals surface area contributed by atoms with Gasteiger partial charge in [-0.15, -0.1) is 0 Å². The summed E-state index contributed by atoms with van der Waals surface area (Å²) in [6.45, 7) is 0. The Kier molecular flexibility index (Phi) is 4.59. The molecule has 5 nitrogen and oxygen atoms in total. The van der Waals surface area contributed by atoms with E-state index in [9.17, 15) is 9.90 Å². The van der Waals surface area contributed by atoms with Crippen LogP contribution in [-0.2, 0) is 4.79 Å². The van der Waals surface area contributed by atoms with Crippen LogP contribution in [0.1, 0.15) is 44.1 Å². The number of nitriles is 1. The molecule has 1 saturated carbocycles. The maximum absolute atomic E-state index is 11.8. The lowest BCUT2D eigenvalue weighted by molar-refractivity contribution is -0.126. The van der Waals surface area contributed by atoms with Crippen LogP contribution in [0.5, 0.6) is 0 Å². The summed E-state index contributed by atoms with van der Waals surface area (Å²) in [7, 11) is 0. The molecule has 106 valence electrons. The van der Waals surface area contributed by atoms with Crippen LogP contribution < -0.4 is 10.9 Å². The Morgan fingerprint density at radius 2 is 1.90 bits per heavy atom. The van der Waals surface area contributed by atoms with Crippen LogP contribution in [0.3, 0.4) is 0 Å². The summed E-state index contributed by atoms with van der Waals surface area (Å²) in [5.74, 6) is -0.223. The summed E-state index contributed by atoms with van der Waals surface area (Å²) in [5, 5.41) is 19.0. The third-order valence-corrected chi connectivity index (χ3v) is 3.63. The number of aliphatic hydroxyl groups is 1. The molecule has 1 aliphatic rings. The summed E-state index contributed by atoms with van der Waals surface area (Å²) in [6.07, 6.45) is 4.60. The Morgan fingerprint density at radius 1 is 1.25 bits per heavy atom. The Balaban J connectivity index is 1.81. The molecule has 0 saturated heterocycles. The van der Waals surface area contributed by atoms with Gasteiger partial charge in [0.15, 0.2) is 0 Å². The van der Waals surface area contributed by atoms with Gasteiger partial charge < -0.3 is 5.11 Å². The van der Waals surface area contributed by atoms with Crippen LogP contribution in [0.25, 0.3) is 0 Å². The van der Waals surface area contributed by atoms with Crippen molar-refractivity contribution in [2.75, 3.05) is 5.43 Å². The van der Waals surface area contributed by atoms with Gasteiger partial charge in [-0.05, 0) is 37.1 Å². The number of carbonyl (C=O) groups excluding carboxylic acids is 1. The van der Waals surface area contributed by atoms with Gasteiger partial charge in [0.2, 0.25) is 5.91 Å². The predicted octanol–water partition coefficient (Wildman–Crippen LogP) is 2.09. The van der Waals surface area contributed by atoms with Crippen LogP contribution in [0.2, 0.25) is 0 Å². The van der Waals surface area contributed by atoms with Crippen molar-refractivity contribution in [2.45, 2.75) is 44.1 Å². The van der Waals surface area contributed by atoms with E-state index in [-0.39, 0.29) is 12.3 Å². The topological polar surface area (TPSA) is 85.2 Å². The largest absolute Gasteiger partial charge is 0.389 e. The van der Waals surface area contributed by atoms with Gasteiger partial charge in [0.25, 0.3) is 0 Å². The minimum Gasteiger partial charge on any atom is -0.389 e. The van der Waals surface area contributed by atoms with Crippen molar-refractivity contribution in [3.05, 3.63) is 29.8 Å². The van der Waals surface area contributed by atoms with E-state index in [2.05, 4.69) is 10.9 Å². The Labute approximate surface area is 118 Å². The van der Waals surface area contributed by atoms with Crippen LogP contribution in [0, 0.1) is 11.3 Å². The first-order chi connectivity index (χ1) is 9.61. The second-order valence-electron chi connectivity index (χ2n) is 5.32. The summed E-state index contributed by atoms with van der Waals surface area (Å²) in [5.41, 5.74) is 5.78. The average Bonchev–Trinajstić information content (AvgIpc) is 2.46. The zero-order valence-electron chi connectivity index (χ0n) is 11.4. The first-order valence-corrected chi connectivity index (χ1v) is 6.89. The molecule has 1 aromatic carbocycles. The molecular formula is C15H19N3O2. The van der Waals surface area contributed by atoms with E-state index < -0.39 is 5.60 Å². The van der Waals surface area contributed by atoms with E-state index in [4.69, 9.17) is 5.26 Å². The molecule has 0 atom stereocenters. The van der Waals surface area contributed by atoms with E-state index in [0.717, 1.165) is 19.3 Å². The number of benzene rings is 1. The monoisotopic (exact) mass is 273 g/mol. The van der Waals surface area contributed by atoms with Crippen molar-refractivity contribution in [3.63, 3.8) is 0 Å². The Bertz CT molecular complexity index is 499. The first-order valence-electron chi connectivity index (χ1n) is 6.89. The molecule has 2 rings (SSSR count). The Hall–Kier alpha value is -2.06. The van der Waals surface area contributed by atoms with Gasteiger partial charge in [-0.25, -0.2) is 0 Å². The van der Waals surface area contributed by atoms with Crippen LogP contribution in [-0.4, -0.2) is 16.6 Å². The van der Waals surface area contributed by atoms with Crippen molar-refractivity contribution in [1.29, 1.82) is 5.26 Å². The van der Waals surface area contributed by atoms with Gasteiger partial charge in [-0.2, -0.15) is 5.26 Å². The van der Waals surface area contributed by atoms with E-state index in [1.165, 1.54) is 0 Å². The summed E-state index contributed by atoms with van der Waals surface area (Å²) >= 11 is 0. The third kappa shape index (κ3) is 3.97. The first kappa shape index (κ1) is 14.4. The van der Waals surface area contributed by atoms with Gasteiger partial charge in [0.05, 0.1) is 29.3 Å². The summed E-state index contributed by atoms with van der Waals surface area (Å²) < 4.78 is 0. The molecule has 0 spiro atoms. The van der Waals surface area contributed by atoms with Gasteiger partial charge in [0.1, 0.15) is 0 Å². The standard InChI is InChI=1S/C15H19N3O2/c16-11-12-4-6-13(7-5-12)17-18-14(19)10-15(20)8-2-1-3-9-15/h4-7,17,20H,1-3,8-10H2,(H,18,19). The highest BCUT2D eigenvalue weighted by atomic mass is 16.3. The SMILES string of the molecule is N#Cc1ccc(NNC(=O)CC2(O)CCCCC2)cc1. The summed E-state index contributed by atoms with van der Waals surface area (Å²) in [4.78, 5) is 11.8. The minimum absolute atomic E-state index is 0.121. The number of hydrazine groups is 1.